The molecule has 6 heteroatoms. The molecule has 0 spiro atoms. The lowest BCUT2D eigenvalue weighted by Gasteiger charge is -2.33. The van der Waals surface area contributed by atoms with Crippen molar-refractivity contribution in [1.29, 1.82) is 0 Å². The van der Waals surface area contributed by atoms with Crippen molar-refractivity contribution in [2.24, 2.45) is 0 Å². The zero-order valence-electron chi connectivity index (χ0n) is 19.8. The zero-order valence-corrected chi connectivity index (χ0v) is 19.8. The molecule has 5 rings (SSSR count). The van der Waals surface area contributed by atoms with Crippen molar-refractivity contribution in [2.45, 2.75) is 32.5 Å². The maximum atomic E-state index is 12.4. The van der Waals surface area contributed by atoms with Gasteiger partial charge in [0.15, 0.2) is 6.29 Å². The molecule has 1 unspecified atom stereocenters. The highest BCUT2D eigenvalue weighted by Gasteiger charge is 2.30. The van der Waals surface area contributed by atoms with E-state index < -0.39 is 0 Å². The summed E-state index contributed by atoms with van der Waals surface area (Å²) in [5.41, 5.74) is 6.55. The summed E-state index contributed by atoms with van der Waals surface area (Å²) in [5.74, 6) is -0.00735. The van der Waals surface area contributed by atoms with Crippen LogP contribution in [0.3, 0.4) is 0 Å². The molecule has 0 aliphatic carbocycles. The fourth-order valence-corrected chi connectivity index (χ4v) is 4.95. The molecule has 2 aromatic carbocycles. The second kappa shape index (κ2) is 9.49. The maximum Gasteiger partial charge on any atom is 0.224 e. The summed E-state index contributed by atoms with van der Waals surface area (Å²) < 4.78 is 14.0. The number of rotatable bonds is 5. The van der Waals surface area contributed by atoms with E-state index in [2.05, 4.69) is 18.7 Å². The van der Waals surface area contributed by atoms with Gasteiger partial charge in [-0.25, -0.2) is 0 Å². The molecule has 3 aromatic rings. The number of aromatic nitrogens is 1. The molecule has 1 amide bonds. The largest absolute Gasteiger partial charge is 0.417 e. The van der Waals surface area contributed by atoms with Gasteiger partial charge in [-0.15, -0.1) is 0 Å². The fourth-order valence-electron chi connectivity index (χ4n) is 4.95. The number of amides is 1. The molecule has 0 bridgehead atoms. The van der Waals surface area contributed by atoms with E-state index >= 15 is 0 Å². The van der Waals surface area contributed by atoms with Crippen LogP contribution in [-0.4, -0.2) is 43.8 Å². The minimum Gasteiger partial charge on any atom is -0.417 e. The van der Waals surface area contributed by atoms with E-state index in [1.807, 2.05) is 47.2 Å². The number of ether oxygens (including phenoxy) is 2. The van der Waals surface area contributed by atoms with Crippen LogP contribution in [0.25, 0.3) is 22.0 Å². The number of hydrogen-bond donors (Lipinski definition) is 0. The van der Waals surface area contributed by atoms with Gasteiger partial charge in [0, 0.05) is 30.1 Å². The first-order chi connectivity index (χ1) is 16.6. The Kier molecular flexibility index (Phi) is 6.26. The Morgan fingerprint density at radius 1 is 1.15 bits per heavy atom. The number of nitrogens with zero attached hydrogens (tertiary/aromatic N) is 2. The van der Waals surface area contributed by atoms with Crippen molar-refractivity contribution in [3.8, 4) is 0 Å². The summed E-state index contributed by atoms with van der Waals surface area (Å²) in [6, 6.07) is 18.2. The van der Waals surface area contributed by atoms with Crippen molar-refractivity contribution < 1.29 is 19.1 Å². The minimum atomic E-state index is -0.231. The molecule has 0 saturated carbocycles. The van der Waals surface area contributed by atoms with Gasteiger partial charge in [-0.05, 0) is 48.6 Å². The Morgan fingerprint density at radius 3 is 2.71 bits per heavy atom. The lowest BCUT2D eigenvalue weighted by molar-refractivity contribution is -0.154. The molecule has 1 atom stereocenters. The summed E-state index contributed by atoms with van der Waals surface area (Å²) in [7, 11) is 1.67. The number of anilines is 1. The monoisotopic (exact) mass is 458 g/mol. The van der Waals surface area contributed by atoms with Crippen molar-refractivity contribution in [3.05, 3.63) is 78.0 Å². The highest BCUT2D eigenvalue weighted by molar-refractivity contribution is 6.08. The topological polar surface area (TPSA) is 52.9 Å². The normalized spacial score (nSPS) is 19.8. The van der Waals surface area contributed by atoms with Crippen molar-refractivity contribution in [1.82, 2.24) is 4.73 Å². The van der Waals surface area contributed by atoms with Crippen LogP contribution in [-0.2, 0) is 14.3 Å². The molecule has 1 fully saturated rings. The zero-order chi connectivity index (χ0) is 23.7. The van der Waals surface area contributed by atoms with E-state index in [1.165, 1.54) is 0 Å². The third kappa shape index (κ3) is 4.04. The van der Waals surface area contributed by atoms with Gasteiger partial charge in [-0.1, -0.05) is 43.0 Å². The molecule has 176 valence electrons. The van der Waals surface area contributed by atoms with Gasteiger partial charge < -0.3 is 19.2 Å². The average molecular weight is 459 g/mol. The molecule has 6 nitrogen and oxygen atoms in total. The van der Waals surface area contributed by atoms with E-state index in [1.54, 1.807) is 18.9 Å². The molecular formula is C28H30N2O4. The molecule has 3 heterocycles. The lowest BCUT2D eigenvalue weighted by atomic mass is 9.87. The van der Waals surface area contributed by atoms with Gasteiger partial charge in [-0.2, -0.15) is 4.73 Å². The van der Waals surface area contributed by atoms with E-state index in [4.69, 9.17) is 14.3 Å². The van der Waals surface area contributed by atoms with Crippen LogP contribution in [0.4, 0.5) is 5.69 Å². The predicted octanol–water partition coefficient (Wildman–Crippen LogP) is 5.08. The van der Waals surface area contributed by atoms with Crippen LogP contribution in [0.5, 0.6) is 0 Å². The van der Waals surface area contributed by atoms with Gasteiger partial charge >= 0.3 is 0 Å². The average Bonchev–Trinajstić information content (AvgIpc) is 3.24. The first-order valence-corrected chi connectivity index (χ1v) is 11.8. The molecule has 0 radical (unpaired) electrons. The van der Waals surface area contributed by atoms with E-state index in [9.17, 15) is 4.79 Å². The Balaban J connectivity index is 1.70. The van der Waals surface area contributed by atoms with Crippen molar-refractivity contribution in [2.75, 3.05) is 31.8 Å². The molecule has 2 aliphatic heterocycles. The van der Waals surface area contributed by atoms with Crippen LogP contribution in [0.15, 0.2) is 66.7 Å². The SMILES string of the molecule is C=C1CN(C(C)=O)c2ccccc2/C1=C(/COC1CCCCO1)c1cc2ccccc2n1OC. The fraction of sp³-hybridized carbons (Fsp3) is 0.321. The van der Waals surface area contributed by atoms with Crippen LogP contribution in [0.1, 0.15) is 37.4 Å². The number of carbonyl (C=O) groups is 1. The van der Waals surface area contributed by atoms with E-state index in [0.29, 0.717) is 13.2 Å². The molecule has 34 heavy (non-hydrogen) atoms. The number of fused-ring (bicyclic) bond motifs is 2. The Bertz CT molecular complexity index is 1270. The Morgan fingerprint density at radius 2 is 1.94 bits per heavy atom. The van der Waals surface area contributed by atoms with Crippen molar-refractivity contribution in [3.63, 3.8) is 0 Å². The molecule has 2 aliphatic rings. The summed E-state index contributed by atoms with van der Waals surface area (Å²) >= 11 is 0. The first-order valence-electron chi connectivity index (χ1n) is 11.8. The second-order valence-electron chi connectivity index (χ2n) is 8.75. The molecule has 1 aromatic heterocycles. The summed E-state index contributed by atoms with van der Waals surface area (Å²) in [6.07, 6.45) is 2.81. The summed E-state index contributed by atoms with van der Waals surface area (Å²) in [6.45, 7) is 7.47. The summed E-state index contributed by atoms with van der Waals surface area (Å²) in [4.78, 5) is 20.0. The van der Waals surface area contributed by atoms with Gasteiger partial charge in [0.05, 0.1) is 30.0 Å². The Labute approximate surface area is 200 Å². The van der Waals surface area contributed by atoms with E-state index in [-0.39, 0.29) is 12.2 Å². The number of hydrogen-bond acceptors (Lipinski definition) is 4. The lowest BCUT2D eigenvalue weighted by Crippen LogP contribution is -2.34. The third-order valence-corrected chi connectivity index (χ3v) is 6.56. The Hall–Kier alpha value is -3.35. The van der Waals surface area contributed by atoms with Gasteiger partial charge in [0.1, 0.15) is 7.11 Å². The third-order valence-electron chi connectivity index (χ3n) is 6.56. The van der Waals surface area contributed by atoms with Gasteiger partial charge in [0.25, 0.3) is 0 Å². The van der Waals surface area contributed by atoms with Gasteiger partial charge in [-0.3, -0.25) is 4.79 Å². The maximum absolute atomic E-state index is 12.4. The smallest absolute Gasteiger partial charge is 0.224 e. The number of benzene rings is 2. The van der Waals surface area contributed by atoms with Crippen LogP contribution in [0.2, 0.25) is 0 Å². The van der Waals surface area contributed by atoms with Crippen LogP contribution in [0, 0.1) is 0 Å². The number of para-hydroxylation sites is 2. The second-order valence-corrected chi connectivity index (χ2v) is 8.75. The van der Waals surface area contributed by atoms with Crippen LogP contribution >= 0.6 is 0 Å². The molecule has 1 saturated heterocycles. The van der Waals surface area contributed by atoms with Crippen molar-refractivity contribution >= 4 is 33.6 Å². The predicted molar refractivity (Wildman–Crippen MR) is 134 cm³/mol. The molecular weight excluding hydrogens is 428 g/mol. The number of carbonyl (C=O) groups excluding carboxylic acids is 1. The standard InChI is InChI=1S/C28H30N2O4/c1-19-17-29(20(2)31)25-13-7-5-11-22(25)28(19)23(18-34-27-14-8-9-15-33-27)26-16-21-10-4-6-12-24(21)30(26)32-3/h4-7,10-13,16,27H,1,8-9,14-15,17-18H2,2-3H3/b28-23-. The quantitative estimate of drug-likeness (QED) is 0.535. The van der Waals surface area contributed by atoms with Gasteiger partial charge in [0.2, 0.25) is 5.91 Å². The highest BCUT2D eigenvalue weighted by Crippen LogP contribution is 2.42. The summed E-state index contributed by atoms with van der Waals surface area (Å²) in [5, 5.41) is 1.08. The minimum absolute atomic E-state index is 0.00735. The first kappa shape index (κ1) is 22.4. The molecule has 0 N–H and O–H groups in total. The van der Waals surface area contributed by atoms with Crippen LogP contribution < -0.4 is 9.74 Å². The van der Waals surface area contributed by atoms with E-state index in [0.717, 1.165) is 70.4 Å². The highest BCUT2D eigenvalue weighted by atomic mass is 16.7.